The molecule has 1 aromatic heterocycles. The zero-order valence-electron chi connectivity index (χ0n) is 12.8. The first-order chi connectivity index (χ1) is 10.3. The Bertz CT molecular complexity index is 605. The van der Waals surface area contributed by atoms with Crippen molar-refractivity contribution in [3.05, 3.63) is 47.8 Å². The first-order valence-electron chi connectivity index (χ1n) is 7.20. The van der Waals surface area contributed by atoms with Gasteiger partial charge in [-0.15, -0.1) is 0 Å². The van der Waals surface area contributed by atoms with E-state index in [4.69, 9.17) is 0 Å². The average molecular weight is 311 g/mol. The van der Waals surface area contributed by atoms with Crippen molar-refractivity contribution in [1.82, 2.24) is 14.7 Å². The molecule has 6 heteroatoms. The summed E-state index contributed by atoms with van der Waals surface area (Å²) in [5.41, 5.74) is 3.11. The fourth-order valence-corrected chi connectivity index (χ4v) is 2.33. The quantitative estimate of drug-likeness (QED) is 0.805. The van der Waals surface area contributed by atoms with Crippen LogP contribution in [0.25, 0.3) is 5.69 Å². The van der Waals surface area contributed by atoms with E-state index in [1.54, 1.807) is 10.9 Å². The number of hydrogen-bond acceptors (Lipinski definition) is 2. The minimum absolute atomic E-state index is 0.117. The van der Waals surface area contributed by atoms with Crippen molar-refractivity contribution in [2.75, 3.05) is 13.6 Å². The van der Waals surface area contributed by atoms with E-state index in [1.165, 1.54) is 0 Å². The van der Waals surface area contributed by atoms with E-state index >= 15 is 0 Å². The highest BCUT2D eigenvalue weighted by Crippen LogP contribution is 2.21. The van der Waals surface area contributed by atoms with Gasteiger partial charge in [-0.05, 0) is 38.6 Å². The number of nitrogens with zero attached hydrogens (tertiary/aromatic N) is 3. The van der Waals surface area contributed by atoms with Gasteiger partial charge in [-0.3, -0.25) is 0 Å². The zero-order chi connectivity index (χ0) is 16.2. The molecule has 0 spiro atoms. The van der Waals surface area contributed by atoms with Gasteiger partial charge in [-0.2, -0.15) is 18.3 Å². The van der Waals surface area contributed by atoms with E-state index in [0.29, 0.717) is 13.1 Å². The van der Waals surface area contributed by atoms with Crippen molar-refractivity contribution in [1.29, 1.82) is 0 Å². The summed E-state index contributed by atoms with van der Waals surface area (Å²) >= 11 is 0. The summed E-state index contributed by atoms with van der Waals surface area (Å²) in [7, 11) is 1.82. The average Bonchev–Trinajstić information content (AvgIpc) is 2.86. The summed E-state index contributed by atoms with van der Waals surface area (Å²) in [5, 5.41) is 4.33. The van der Waals surface area contributed by atoms with Crippen LogP contribution < -0.4 is 0 Å². The summed E-state index contributed by atoms with van der Waals surface area (Å²) in [6.07, 6.45) is -1.02. The van der Waals surface area contributed by atoms with Crippen LogP contribution in [0.3, 0.4) is 0 Å². The maximum atomic E-state index is 12.1. The molecular formula is C16H20F3N3. The molecule has 3 nitrogen and oxygen atoms in total. The molecule has 1 aromatic carbocycles. The molecule has 2 rings (SSSR count). The molecule has 0 aliphatic carbocycles. The third kappa shape index (κ3) is 4.87. The lowest BCUT2D eigenvalue weighted by Gasteiger charge is -2.16. The second kappa shape index (κ2) is 6.96. The van der Waals surface area contributed by atoms with Gasteiger partial charge >= 0.3 is 6.18 Å². The van der Waals surface area contributed by atoms with Gasteiger partial charge in [-0.1, -0.05) is 18.2 Å². The van der Waals surface area contributed by atoms with Crippen LogP contribution in [0.1, 0.15) is 24.0 Å². The molecule has 0 saturated heterocycles. The van der Waals surface area contributed by atoms with Crippen LogP contribution >= 0.6 is 0 Å². The largest absolute Gasteiger partial charge is 0.389 e. The number of rotatable bonds is 6. The van der Waals surface area contributed by atoms with Crippen molar-refractivity contribution in [3.8, 4) is 5.69 Å². The maximum Gasteiger partial charge on any atom is 0.389 e. The Hall–Kier alpha value is -1.82. The zero-order valence-corrected chi connectivity index (χ0v) is 12.8. The van der Waals surface area contributed by atoms with Crippen molar-refractivity contribution in [3.63, 3.8) is 0 Å². The second-order valence-corrected chi connectivity index (χ2v) is 5.54. The van der Waals surface area contributed by atoms with Gasteiger partial charge in [0.05, 0.1) is 11.9 Å². The van der Waals surface area contributed by atoms with E-state index in [9.17, 15) is 13.2 Å². The Labute approximate surface area is 128 Å². The van der Waals surface area contributed by atoms with E-state index in [1.807, 2.05) is 49.3 Å². The monoisotopic (exact) mass is 311 g/mol. The smallest absolute Gasteiger partial charge is 0.302 e. The SMILES string of the molecule is Cc1ccccc1-n1cc(CN(C)CCCC(F)(F)F)cn1. The summed E-state index contributed by atoms with van der Waals surface area (Å²) in [6.45, 7) is 3.01. The molecular weight excluding hydrogens is 291 g/mol. The molecule has 120 valence electrons. The normalized spacial score (nSPS) is 12.1. The Morgan fingerprint density at radius 1 is 1.23 bits per heavy atom. The summed E-state index contributed by atoms with van der Waals surface area (Å²) < 4.78 is 38.2. The number of benzene rings is 1. The third-order valence-electron chi connectivity index (χ3n) is 3.45. The predicted molar refractivity (Wildman–Crippen MR) is 79.9 cm³/mol. The summed E-state index contributed by atoms with van der Waals surface area (Å²) in [5.74, 6) is 0. The van der Waals surface area contributed by atoms with Crippen LogP contribution in [-0.4, -0.2) is 34.4 Å². The lowest BCUT2D eigenvalue weighted by atomic mass is 10.2. The highest BCUT2D eigenvalue weighted by Gasteiger charge is 2.26. The Morgan fingerprint density at radius 3 is 2.64 bits per heavy atom. The molecule has 0 atom stereocenters. The molecule has 0 radical (unpaired) electrons. The first kappa shape index (κ1) is 16.5. The number of aryl methyl sites for hydroxylation is 1. The third-order valence-corrected chi connectivity index (χ3v) is 3.45. The minimum Gasteiger partial charge on any atom is -0.302 e. The summed E-state index contributed by atoms with van der Waals surface area (Å²) in [4.78, 5) is 1.88. The van der Waals surface area contributed by atoms with E-state index in [-0.39, 0.29) is 6.42 Å². The van der Waals surface area contributed by atoms with Gasteiger partial charge in [0, 0.05) is 24.7 Å². The molecule has 0 unspecified atom stereocenters. The molecule has 0 N–H and O–H groups in total. The lowest BCUT2D eigenvalue weighted by Crippen LogP contribution is -2.20. The van der Waals surface area contributed by atoms with E-state index < -0.39 is 12.6 Å². The van der Waals surface area contributed by atoms with Crippen molar-refractivity contribution in [2.45, 2.75) is 32.5 Å². The van der Waals surface area contributed by atoms with Gasteiger partial charge < -0.3 is 4.90 Å². The van der Waals surface area contributed by atoms with Gasteiger partial charge in [0.1, 0.15) is 0 Å². The van der Waals surface area contributed by atoms with Crippen molar-refractivity contribution >= 4 is 0 Å². The number of para-hydroxylation sites is 1. The van der Waals surface area contributed by atoms with Crippen molar-refractivity contribution < 1.29 is 13.2 Å². The molecule has 22 heavy (non-hydrogen) atoms. The standard InChI is InChI=1S/C16H20F3N3/c1-13-6-3-4-7-15(13)22-12-14(10-20-22)11-21(2)9-5-8-16(17,18)19/h3-4,6-7,10,12H,5,8-9,11H2,1-2H3. The van der Waals surface area contributed by atoms with Gasteiger partial charge in [0.25, 0.3) is 0 Å². The molecule has 0 amide bonds. The highest BCUT2D eigenvalue weighted by atomic mass is 19.4. The second-order valence-electron chi connectivity index (χ2n) is 5.54. The van der Waals surface area contributed by atoms with Crippen molar-refractivity contribution in [2.24, 2.45) is 0 Å². The number of aromatic nitrogens is 2. The van der Waals surface area contributed by atoms with E-state index in [2.05, 4.69) is 5.10 Å². The van der Waals surface area contributed by atoms with Gasteiger partial charge in [0.2, 0.25) is 0 Å². The summed E-state index contributed by atoms with van der Waals surface area (Å²) in [6, 6.07) is 7.92. The first-order valence-corrected chi connectivity index (χ1v) is 7.20. The Morgan fingerprint density at radius 2 is 1.95 bits per heavy atom. The number of alkyl halides is 3. The van der Waals surface area contributed by atoms with Crippen LogP contribution in [-0.2, 0) is 6.54 Å². The highest BCUT2D eigenvalue weighted by molar-refractivity contribution is 5.39. The molecule has 0 fully saturated rings. The molecule has 2 aromatic rings. The van der Waals surface area contributed by atoms with Crippen LogP contribution in [0.5, 0.6) is 0 Å². The van der Waals surface area contributed by atoms with Gasteiger partial charge in [0.15, 0.2) is 0 Å². The molecule has 0 aliphatic rings. The van der Waals surface area contributed by atoms with Crippen LogP contribution in [0.15, 0.2) is 36.7 Å². The topological polar surface area (TPSA) is 21.1 Å². The Kier molecular flexibility index (Phi) is 5.24. The number of hydrogen-bond donors (Lipinski definition) is 0. The molecule has 0 saturated carbocycles. The predicted octanol–water partition coefficient (Wildman–Crippen LogP) is 3.96. The molecule has 0 aliphatic heterocycles. The lowest BCUT2D eigenvalue weighted by molar-refractivity contribution is -0.136. The fraction of sp³-hybridized carbons (Fsp3) is 0.438. The van der Waals surface area contributed by atoms with E-state index in [0.717, 1.165) is 16.8 Å². The van der Waals surface area contributed by atoms with Gasteiger partial charge in [-0.25, -0.2) is 4.68 Å². The fourth-order valence-electron chi connectivity index (χ4n) is 2.33. The maximum absolute atomic E-state index is 12.1. The Balaban J connectivity index is 1.91. The van der Waals surface area contributed by atoms with Crippen LogP contribution in [0.2, 0.25) is 0 Å². The molecule has 1 heterocycles. The van der Waals surface area contributed by atoms with Crippen LogP contribution in [0.4, 0.5) is 13.2 Å². The molecule has 0 bridgehead atoms. The van der Waals surface area contributed by atoms with Crippen LogP contribution in [0, 0.1) is 6.92 Å². The number of halogens is 3. The minimum atomic E-state index is -4.07.